The Morgan fingerprint density at radius 3 is 2.65 bits per heavy atom. The van der Waals surface area contributed by atoms with E-state index in [-0.39, 0.29) is 18.0 Å². The molecule has 2 bridgehead atoms. The van der Waals surface area contributed by atoms with Crippen LogP contribution in [0.3, 0.4) is 0 Å². The first-order valence-electron chi connectivity index (χ1n) is 6.37. The molecule has 1 aliphatic heterocycles. The Labute approximate surface area is 102 Å². The van der Waals surface area contributed by atoms with Crippen molar-refractivity contribution in [2.45, 2.75) is 64.3 Å². The van der Waals surface area contributed by atoms with Gasteiger partial charge in [0.2, 0.25) is 0 Å². The summed E-state index contributed by atoms with van der Waals surface area (Å²) in [5.41, 5.74) is -1.14. The van der Waals surface area contributed by atoms with Crippen LogP contribution in [0.2, 0.25) is 0 Å². The molecule has 0 radical (unpaired) electrons. The first-order chi connectivity index (χ1) is 7.78. The van der Waals surface area contributed by atoms with Gasteiger partial charge in [-0.3, -0.25) is 4.79 Å². The van der Waals surface area contributed by atoms with E-state index in [1.54, 1.807) is 6.92 Å². The van der Waals surface area contributed by atoms with E-state index in [0.29, 0.717) is 19.3 Å². The fourth-order valence-electron chi connectivity index (χ4n) is 3.69. The van der Waals surface area contributed by atoms with Crippen molar-refractivity contribution >= 4 is 5.97 Å². The summed E-state index contributed by atoms with van der Waals surface area (Å²) in [6.45, 7) is 5.55. The number of carbonyl (C=O) groups is 1. The van der Waals surface area contributed by atoms with Gasteiger partial charge in [0.1, 0.15) is 5.60 Å². The monoisotopic (exact) mass is 242 g/mol. The average Bonchev–Trinajstić information content (AvgIpc) is 2.24. The quantitative estimate of drug-likeness (QED) is 0.731. The molecule has 1 saturated carbocycles. The summed E-state index contributed by atoms with van der Waals surface area (Å²) in [4.78, 5) is 12.0. The van der Waals surface area contributed by atoms with Crippen molar-refractivity contribution in [1.82, 2.24) is 0 Å². The highest BCUT2D eigenvalue weighted by atomic mass is 16.6. The van der Waals surface area contributed by atoms with Crippen LogP contribution in [-0.4, -0.2) is 34.0 Å². The van der Waals surface area contributed by atoms with E-state index in [1.165, 1.54) is 0 Å². The molecule has 2 aliphatic rings. The number of aliphatic hydroxyl groups excluding tert-OH is 2. The second-order valence-electron chi connectivity index (χ2n) is 6.16. The highest BCUT2D eigenvalue weighted by Crippen LogP contribution is 2.56. The molecule has 0 aromatic heterocycles. The Morgan fingerprint density at radius 2 is 2.12 bits per heavy atom. The van der Waals surface area contributed by atoms with Gasteiger partial charge in [-0.25, -0.2) is 0 Å². The van der Waals surface area contributed by atoms with E-state index in [9.17, 15) is 15.0 Å². The number of esters is 1. The van der Waals surface area contributed by atoms with Crippen LogP contribution >= 0.6 is 0 Å². The normalized spacial score (nSPS) is 46.8. The summed E-state index contributed by atoms with van der Waals surface area (Å²) in [5, 5.41) is 19.2. The maximum atomic E-state index is 12.0. The van der Waals surface area contributed by atoms with Gasteiger partial charge in [-0.1, -0.05) is 0 Å². The predicted octanol–water partition coefficient (Wildman–Crippen LogP) is 1.24. The SMILES string of the molecule is CC(O)CCC1C2(C)CC(O)CC1(C)C(=O)O2. The van der Waals surface area contributed by atoms with Crippen molar-refractivity contribution in [1.29, 1.82) is 0 Å². The highest BCUT2D eigenvalue weighted by Gasteiger charge is 2.63. The number of fused-ring (bicyclic) bond motifs is 2. The molecule has 4 nitrogen and oxygen atoms in total. The number of rotatable bonds is 3. The van der Waals surface area contributed by atoms with Gasteiger partial charge in [0.15, 0.2) is 0 Å². The predicted molar refractivity (Wildman–Crippen MR) is 62.2 cm³/mol. The molecule has 0 amide bonds. The van der Waals surface area contributed by atoms with Crippen molar-refractivity contribution in [3.05, 3.63) is 0 Å². The third-order valence-corrected chi connectivity index (χ3v) is 4.47. The molecule has 2 fully saturated rings. The summed E-state index contributed by atoms with van der Waals surface area (Å²) in [5.74, 6) is -0.0901. The molecule has 2 rings (SSSR count). The van der Waals surface area contributed by atoms with Gasteiger partial charge in [-0.15, -0.1) is 0 Å². The third-order valence-electron chi connectivity index (χ3n) is 4.47. The molecular weight excluding hydrogens is 220 g/mol. The van der Waals surface area contributed by atoms with Crippen LogP contribution in [-0.2, 0) is 9.53 Å². The first kappa shape index (κ1) is 12.8. The van der Waals surface area contributed by atoms with Gasteiger partial charge in [0.05, 0.1) is 17.6 Å². The molecule has 5 atom stereocenters. The summed E-state index contributed by atoms with van der Waals surface area (Å²) < 4.78 is 5.51. The molecule has 5 unspecified atom stereocenters. The second kappa shape index (κ2) is 3.95. The Bertz CT molecular complexity index is 327. The van der Waals surface area contributed by atoms with Gasteiger partial charge in [0.25, 0.3) is 0 Å². The van der Waals surface area contributed by atoms with Gasteiger partial charge in [-0.05, 0) is 40.0 Å². The Balaban J connectivity index is 2.22. The van der Waals surface area contributed by atoms with Crippen LogP contribution in [0.1, 0.15) is 46.5 Å². The lowest BCUT2D eigenvalue weighted by atomic mass is 9.61. The van der Waals surface area contributed by atoms with Crippen molar-refractivity contribution in [2.24, 2.45) is 11.3 Å². The summed E-state index contributed by atoms with van der Waals surface area (Å²) in [7, 11) is 0. The van der Waals surface area contributed by atoms with Crippen LogP contribution in [0.4, 0.5) is 0 Å². The standard InChI is InChI=1S/C13H22O4/c1-8(14)4-5-10-12(2)6-9(15)7-13(10,3)17-11(12)16/h8-10,14-15H,4-7H2,1-3H3. The molecule has 0 aromatic carbocycles. The van der Waals surface area contributed by atoms with Crippen LogP contribution in [0.15, 0.2) is 0 Å². The van der Waals surface area contributed by atoms with Crippen LogP contribution in [0.5, 0.6) is 0 Å². The molecule has 1 heterocycles. The van der Waals surface area contributed by atoms with E-state index >= 15 is 0 Å². The molecule has 98 valence electrons. The summed E-state index contributed by atoms with van der Waals surface area (Å²) in [6.07, 6.45) is 1.61. The van der Waals surface area contributed by atoms with Crippen molar-refractivity contribution in [2.75, 3.05) is 0 Å². The number of hydrogen-bond acceptors (Lipinski definition) is 4. The molecule has 4 heteroatoms. The summed E-state index contributed by atoms with van der Waals surface area (Å²) >= 11 is 0. The van der Waals surface area contributed by atoms with Crippen molar-refractivity contribution in [3.63, 3.8) is 0 Å². The minimum atomic E-state index is -0.582. The molecule has 2 N–H and O–H groups in total. The maximum Gasteiger partial charge on any atom is 0.312 e. The molecule has 1 saturated heterocycles. The summed E-state index contributed by atoms with van der Waals surface area (Å²) in [6, 6.07) is 0. The number of hydrogen-bond donors (Lipinski definition) is 2. The Hall–Kier alpha value is -0.610. The van der Waals surface area contributed by atoms with Gasteiger partial charge >= 0.3 is 5.97 Å². The number of carbonyl (C=O) groups excluding carboxylic acids is 1. The highest BCUT2D eigenvalue weighted by molar-refractivity contribution is 5.80. The Morgan fingerprint density at radius 1 is 1.47 bits per heavy atom. The largest absolute Gasteiger partial charge is 0.459 e. The molecule has 1 aliphatic carbocycles. The van der Waals surface area contributed by atoms with E-state index in [2.05, 4.69) is 0 Å². The first-order valence-corrected chi connectivity index (χ1v) is 6.37. The Kier molecular flexibility index (Phi) is 2.99. The second-order valence-corrected chi connectivity index (χ2v) is 6.16. The topological polar surface area (TPSA) is 66.8 Å². The minimum absolute atomic E-state index is 0.0977. The van der Waals surface area contributed by atoms with E-state index in [4.69, 9.17) is 4.74 Å². The van der Waals surface area contributed by atoms with Crippen molar-refractivity contribution < 1.29 is 19.7 Å². The molecule has 17 heavy (non-hydrogen) atoms. The number of ether oxygens (including phenoxy) is 1. The maximum absolute atomic E-state index is 12.0. The number of aliphatic hydroxyl groups is 2. The smallest absolute Gasteiger partial charge is 0.312 e. The average molecular weight is 242 g/mol. The molecule has 0 aromatic rings. The lowest BCUT2D eigenvalue weighted by molar-refractivity contribution is -0.151. The third kappa shape index (κ3) is 1.97. The van der Waals surface area contributed by atoms with Gasteiger partial charge in [0, 0.05) is 12.3 Å². The van der Waals surface area contributed by atoms with Crippen molar-refractivity contribution in [3.8, 4) is 0 Å². The van der Waals surface area contributed by atoms with E-state index in [0.717, 1.165) is 6.42 Å². The van der Waals surface area contributed by atoms with Gasteiger partial charge in [-0.2, -0.15) is 0 Å². The fourth-order valence-corrected chi connectivity index (χ4v) is 3.69. The van der Waals surface area contributed by atoms with E-state index in [1.807, 2.05) is 13.8 Å². The zero-order valence-corrected chi connectivity index (χ0v) is 10.8. The van der Waals surface area contributed by atoms with E-state index < -0.39 is 17.1 Å². The van der Waals surface area contributed by atoms with Crippen LogP contribution < -0.4 is 0 Å². The fraction of sp³-hybridized carbons (Fsp3) is 0.923. The van der Waals surface area contributed by atoms with Crippen LogP contribution in [0, 0.1) is 11.3 Å². The van der Waals surface area contributed by atoms with Gasteiger partial charge < -0.3 is 14.9 Å². The zero-order chi connectivity index (χ0) is 12.8. The lowest BCUT2D eigenvalue weighted by Crippen LogP contribution is -2.47. The zero-order valence-electron chi connectivity index (χ0n) is 10.8. The van der Waals surface area contributed by atoms with Crippen LogP contribution in [0.25, 0.3) is 0 Å². The minimum Gasteiger partial charge on any atom is -0.459 e. The molecule has 0 spiro atoms. The molecular formula is C13H22O4. The lowest BCUT2D eigenvalue weighted by Gasteiger charge is -2.42.